The molecule has 0 radical (unpaired) electrons. The van der Waals surface area contributed by atoms with Crippen LogP contribution in [0.2, 0.25) is 0 Å². The average molecular weight is 283 g/mol. The number of hydrogen-bond acceptors (Lipinski definition) is 4. The van der Waals surface area contributed by atoms with Gasteiger partial charge in [0.25, 0.3) is 0 Å². The summed E-state index contributed by atoms with van der Waals surface area (Å²) in [6.45, 7) is 1.46. The largest absolute Gasteiger partial charge is 0.301 e. The molecule has 0 saturated carbocycles. The van der Waals surface area contributed by atoms with Crippen LogP contribution in [-0.2, 0) is 11.2 Å². The fourth-order valence-electron chi connectivity index (χ4n) is 2.14. The minimum Gasteiger partial charge on any atom is -0.301 e. The third-order valence-electron chi connectivity index (χ3n) is 2.97. The van der Waals surface area contributed by atoms with Crippen LogP contribution in [0.1, 0.15) is 17.5 Å². The first-order valence-electron chi connectivity index (χ1n) is 6.29. The van der Waals surface area contributed by atoms with Crippen molar-refractivity contribution >= 4 is 33.1 Å². The predicted molar refractivity (Wildman–Crippen MR) is 81.0 cm³/mol. The number of carbonyl (C=O) groups excluding carboxylic acids is 1. The van der Waals surface area contributed by atoms with E-state index in [4.69, 9.17) is 0 Å². The number of fused-ring (bicyclic) bond motifs is 1. The lowest BCUT2D eigenvalue weighted by atomic mass is 10.0. The second-order valence-electron chi connectivity index (χ2n) is 4.50. The van der Waals surface area contributed by atoms with Gasteiger partial charge in [-0.3, -0.25) is 4.79 Å². The van der Waals surface area contributed by atoms with Crippen LogP contribution in [0.15, 0.2) is 42.5 Å². The van der Waals surface area contributed by atoms with Gasteiger partial charge in [0.05, 0.1) is 0 Å². The molecule has 2 aromatic carbocycles. The maximum absolute atomic E-state index is 11.0. The lowest BCUT2D eigenvalue weighted by Gasteiger charge is -2.03. The molecule has 0 bridgehead atoms. The van der Waals surface area contributed by atoms with E-state index >= 15 is 0 Å². The second kappa shape index (κ2) is 5.38. The first-order chi connectivity index (χ1) is 9.72. The minimum atomic E-state index is -0.127. The Hall–Kier alpha value is -2.27. The molecule has 0 saturated heterocycles. The SMILES string of the molecule is CC(=O)Nc1nnc(Cc2cccc3ccccc23)s1. The van der Waals surface area contributed by atoms with Crippen molar-refractivity contribution in [2.45, 2.75) is 13.3 Å². The molecule has 5 heteroatoms. The van der Waals surface area contributed by atoms with Gasteiger partial charge in [0.1, 0.15) is 5.01 Å². The molecule has 0 aliphatic rings. The van der Waals surface area contributed by atoms with Gasteiger partial charge in [-0.1, -0.05) is 53.8 Å². The van der Waals surface area contributed by atoms with Gasteiger partial charge in [-0.2, -0.15) is 0 Å². The molecule has 1 amide bonds. The molecule has 0 aliphatic carbocycles. The Labute approximate surface area is 120 Å². The molecular weight excluding hydrogens is 270 g/mol. The van der Waals surface area contributed by atoms with Crippen LogP contribution in [0, 0.1) is 0 Å². The quantitative estimate of drug-likeness (QED) is 0.803. The number of aromatic nitrogens is 2. The molecule has 4 nitrogen and oxygen atoms in total. The molecule has 20 heavy (non-hydrogen) atoms. The second-order valence-corrected chi connectivity index (χ2v) is 5.56. The van der Waals surface area contributed by atoms with Gasteiger partial charge < -0.3 is 5.32 Å². The van der Waals surface area contributed by atoms with E-state index in [1.54, 1.807) is 0 Å². The Bertz CT molecular complexity index is 761. The summed E-state index contributed by atoms with van der Waals surface area (Å²) in [4.78, 5) is 11.0. The maximum Gasteiger partial charge on any atom is 0.223 e. The molecule has 0 aliphatic heterocycles. The highest BCUT2D eigenvalue weighted by Gasteiger charge is 2.08. The lowest BCUT2D eigenvalue weighted by Crippen LogP contribution is -2.04. The molecule has 1 heterocycles. The molecule has 0 fully saturated rings. The summed E-state index contributed by atoms with van der Waals surface area (Å²) in [5, 5.41) is 14.6. The molecule has 0 atom stereocenters. The van der Waals surface area contributed by atoms with Gasteiger partial charge in [-0.25, -0.2) is 0 Å². The topological polar surface area (TPSA) is 54.9 Å². The molecule has 1 N–H and O–H groups in total. The highest BCUT2D eigenvalue weighted by Crippen LogP contribution is 2.23. The summed E-state index contributed by atoms with van der Waals surface area (Å²) in [6.07, 6.45) is 0.721. The normalized spacial score (nSPS) is 10.7. The lowest BCUT2D eigenvalue weighted by molar-refractivity contribution is -0.114. The van der Waals surface area contributed by atoms with E-state index in [2.05, 4.69) is 39.8 Å². The van der Waals surface area contributed by atoms with Crippen molar-refractivity contribution < 1.29 is 4.79 Å². The fraction of sp³-hybridized carbons (Fsp3) is 0.133. The van der Waals surface area contributed by atoms with Crippen molar-refractivity contribution in [3.63, 3.8) is 0 Å². The molecule has 0 spiro atoms. The number of carbonyl (C=O) groups is 1. The molecule has 100 valence electrons. The van der Waals surface area contributed by atoms with Gasteiger partial charge in [-0.15, -0.1) is 10.2 Å². The zero-order valence-corrected chi connectivity index (χ0v) is 11.8. The molecule has 0 unspecified atom stereocenters. The van der Waals surface area contributed by atoms with Gasteiger partial charge in [-0.05, 0) is 16.3 Å². The molecule has 3 rings (SSSR count). The van der Waals surface area contributed by atoms with Gasteiger partial charge in [0.2, 0.25) is 11.0 Å². The Kier molecular flexibility index (Phi) is 3.43. The molecular formula is C15H13N3OS. The van der Waals surface area contributed by atoms with Crippen molar-refractivity contribution in [1.82, 2.24) is 10.2 Å². The van der Waals surface area contributed by atoms with Crippen molar-refractivity contribution in [2.24, 2.45) is 0 Å². The van der Waals surface area contributed by atoms with E-state index in [1.807, 2.05) is 18.2 Å². The van der Waals surface area contributed by atoms with Gasteiger partial charge in [0.15, 0.2) is 0 Å². The van der Waals surface area contributed by atoms with Gasteiger partial charge >= 0.3 is 0 Å². The Balaban J connectivity index is 1.89. The summed E-state index contributed by atoms with van der Waals surface area (Å²) in [7, 11) is 0. The van der Waals surface area contributed by atoms with Crippen LogP contribution >= 0.6 is 11.3 Å². The van der Waals surface area contributed by atoms with Crippen molar-refractivity contribution in [3.05, 3.63) is 53.0 Å². The Morgan fingerprint density at radius 2 is 1.95 bits per heavy atom. The Morgan fingerprint density at radius 3 is 2.80 bits per heavy atom. The maximum atomic E-state index is 11.0. The zero-order chi connectivity index (χ0) is 13.9. The first kappa shape index (κ1) is 12.7. The highest BCUT2D eigenvalue weighted by atomic mass is 32.1. The highest BCUT2D eigenvalue weighted by molar-refractivity contribution is 7.15. The summed E-state index contributed by atoms with van der Waals surface area (Å²) in [5.41, 5.74) is 1.22. The third-order valence-corrected chi connectivity index (χ3v) is 3.81. The smallest absolute Gasteiger partial charge is 0.223 e. The van der Waals surface area contributed by atoms with Crippen LogP contribution in [0.25, 0.3) is 10.8 Å². The number of anilines is 1. The number of rotatable bonds is 3. The van der Waals surface area contributed by atoms with E-state index < -0.39 is 0 Å². The Morgan fingerprint density at radius 1 is 1.15 bits per heavy atom. The number of hydrogen-bond donors (Lipinski definition) is 1. The summed E-state index contributed by atoms with van der Waals surface area (Å²) < 4.78 is 0. The van der Waals surface area contributed by atoms with E-state index in [9.17, 15) is 4.79 Å². The van der Waals surface area contributed by atoms with E-state index in [0.717, 1.165) is 11.4 Å². The number of nitrogens with zero attached hydrogens (tertiary/aromatic N) is 2. The van der Waals surface area contributed by atoms with Gasteiger partial charge in [0, 0.05) is 13.3 Å². The standard InChI is InChI=1S/C15H13N3OS/c1-10(19)16-15-18-17-14(20-15)9-12-7-4-6-11-5-2-3-8-13(11)12/h2-8H,9H2,1H3,(H,16,18,19). The average Bonchev–Trinajstić information content (AvgIpc) is 2.86. The summed E-state index contributed by atoms with van der Waals surface area (Å²) >= 11 is 1.41. The summed E-state index contributed by atoms with van der Waals surface area (Å²) in [5.74, 6) is -0.127. The third kappa shape index (κ3) is 2.67. The minimum absolute atomic E-state index is 0.127. The van der Waals surface area contributed by atoms with Crippen LogP contribution in [-0.4, -0.2) is 16.1 Å². The fourth-order valence-corrected chi connectivity index (χ4v) is 2.94. The summed E-state index contributed by atoms with van der Waals surface area (Å²) in [6, 6.07) is 14.5. The van der Waals surface area contributed by atoms with Crippen LogP contribution in [0.3, 0.4) is 0 Å². The van der Waals surface area contributed by atoms with Crippen LogP contribution in [0.4, 0.5) is 5.13 Å². The van der Waals surface area contributed by atoms with Crippen molar-refractivity contribution in [1.29, 1.82) is 0 Å². The van der Waals surface area contributed by atoms with Crippen molar-refractivity contribution in [2.75, 3.05) is 5.32 Å². The van der Waals surface area contributed by atoms with Crippen LogP contribution < -0.4 is 5.32 Å². The van der Waals surface area contributed by atoms with Crippen LogP contribution in [0.5, 0.6) is 0 Å². The van der Waals surface area contributed by atoms with Crippen molar-refractivity contribution in [3.8, 4) is 0 Å². The predicted octanol–water partition coefficient (Wildman–Crippen LogP) is 3.24. The van der Waals surface area contributed by atoms with E-state index in [-0.39, 0.29) is 5.91 Å². The number of amides is 1. The monoisotopic (exact) mass is 283 g/mol. The zero-order valence-electron chi connectivity index (χ0n) is 11.0. The number of benzene rings is 2. The van der Waals surface area contributed by atoms with E-state index in [0.29, 0.717) is 5.13 Å². The number of nitrogens with one attached hydrogen (secondary N) is 1. The first-order valence-corrected chi connectivity index (χ1v) is 7.10. The van der Waals surface area contributed by atoms with E-state index in [1.165, 1.54) is 34.6 Å². The molecule has 3 aromatic rings. The molecule has 1 aromatic heterocycles.